The van der Waals surface area contributed by atoms with Gasteiger partial charge in [-0.3, -0.25) is 0 Å². The average Bonchev–Trinajstić information content (AvgIpc) is 2.78. The van der Waals surface area contributed by atoms with Crippen molar-refractivity contribution in [1.29, 1.82) is 0 Å². The molecular weight excluding hydrogens is 272 g/mol. The van der Waals surface area contributed by atoms with Gasteiger partial charge in [-0.1, -0.05) is 30.4 Å². The van der Waals surface area contributed by atoms with Crippen molar-refractivity contribution in [2.75, 3.05) is 7.11 Å². The van der Waals surface area contributed by atoms with E-state index < -0.39 is 17.2 Å². The second-order valence-corrected chi connectivity index (χ2v) is 5.35. The fourth-order valence-electron chi connectivity index (χ4n) is 3.25. The van der Waals surface area contributed by atoms with Crippen molar-refractivity contribution >= 4 is 5.97 Å². The van der Waals surface area contributed by atoms with Gasteiger partial charge in [0.25, 0.3) is 5.79 Å². The lowest BCUT2D eigenvalue weighted by Gasteiger charge is -2.42. The van der Waals surface area contributed by atoms with Crippen LogP contribution in [0.15, 0.2) is 47.6 Å². The number of esters is 1. The van der Waals surface area contributed by atoms with Crippen molar-refractivity contribution in [2.45, 2.75) is 25.0 Å². The number of hydrogen-bond acceptors (Lipinski definition) is 5. The normalized spacial score (nSPS) is 29.7. The molecule has 0 aromatic heterocycles. The first kappa shape index (κ1) is 13.9. The highest BCUT2D eigenvalue weighted by molar-refractivity contribution is 5.93. The molecule has 2 aliphatic rings. The minimum Gasteiger partial charge on any atom is -0.466 e. The second-order valence-electron chi connectivity index (χ2n) is 5.35. The summed E-state index contributed by atoms with van der Waals surface area (Å²) in [5.74, 6) is -1.38. The van der Waals surface area contributed by atoms with E-state index in [-0.39, 0.29) is 0 Å². The van der Waals surface area contributed by atoms with E-state index in [4.69, 9.17) is 14.4 Å². The highest BCUT2D eigenvalue weighted by Crippen LogP contribution is 2.57. The van der Waals surface area contributed by atoms with E-state index in [1.807, 2.05) is 18.2 Å². The van der Waals surface area contributed by atoms with Crippen LogP contribution < -0.4 is 4.74 Å². The molecule has 0 spiro atoms. The number of allylic oxidation sites excluding steroid dienone is 2. The summed E-state index contributed by atoms with van der Waals surface area (Å²) in [6.07, 6.45) is 3.38. The zero-order valence-electron chi connectivity index (χ0n) is 12.0. The van der Waals surface area contributed by atoms with E-state index in [1.54, 1.807) is 32.1 Å². The van der Waals surface area contributed by atoms with Crippen LogP contribution in [0.3, 0.4) is 0 Å². The van der Waals surface area contributed by atoms with Crippen LogP contribution in [-0.2, 0) is 19.8 Å². The molecule has 0 radical (unpaired) electrons. The molecule has 21 heavy (non-hydrogen) atoms. The largest absolute Gasteiger partial charge is 0.466 e. The molecular formula is C16H16O5. The van der Waals surface area contributed by atoms with Gasteiger partial charge in [0.05, 0.1) is 12.7 Å². The highest BCUT2D eigenvalue weighted by atomic mass is 17.1. The third-order valence-electron chi connectivity index (χ3n) is 4.43. The first-order chi connectivity index (χ1) is 10.0. The number of carbonyl (C=O) groups excluding carboxylic acids is 1. The summed E-state index contributed by atoms with van der Waals surface area (Å²) in [6.45, 7) is 3.58. The molecule has 0 saturated carbocycles. The van der Waals surface area contributed by atoms with Gasteiger partial charge in [-0.15, -0.1) is 0 Å². The van der Waals surface area contributed by atoms with E-state index >= 15 is 0 Å². The van der Waals surface area contributed by atoms with Crippen molar-refractivity contribution in [3.63, 3.8) is 0 Å². The minimum atomic E-state index is -1.46. The average molecular weight is 288 g/mol. The van der Waals surface area contributed by atoms with Crippen LogP contribution in [-0.4, -0.2) is 24.1 Å². The molecule has 0 bridgehead atoms. The molecule has 0 amide bonds. The Morgan fingerprint density at radius 3 is 2.67 bits per heavy atom. The van der Waals surface area contributed by atoms with E-state index in [2.05, 4.69) is 0 Å². The predicted octanol–water partition coefficient (Wildman–Crippen LogP) is 2.58. The molecule has 1 aliphatic carbocycles. The summed E-state index contributed by atoms with van der Waals surface area (Å²) in [4.78, 5) is 17.0. The first-order valence-corrected chi connectivity index (χ1v) is 6.60. The fourth-order valence-corrected chi connectivity index (χ4v) is 3.25. The molecule has 1 aromatic rings. The van der Waals surface area contributed by atoms with Crippen LogP contribution in [0, 0.1) is 0 Å². The van der Waals surface area contributed by atoms with E-state index in [0.717, 1.165) is 5.56 Å². The maximum absolute atomic E-state index is 12.2. The predicted molar refractivity (Wildman–Crippen MR) is 74.7 cm³/mol. The second kappa shape index (κ2) is 4.44. The van der Waals surface area contributed by atoms with Crippen molar-refractivity contribution in [1.82, 2.24) is 0 Å². The van der Waals surface area contributed by atoms with Crippen LogP contribution in [0.4, 0.5) is 0 Å². The molecule has 2 unspecified atom stereocenters. The third kappa shape index (κ3) is 1.50. The van der Waals surface area contributed by atoms with E-state index in [9.17, 15) is 10.1 Å². The Morgan fingerprint density at radius 1 is 1.29 bits per heavy atom. The van der Waals surface area contributed by atoms with Gasteiger partial charge in [0.2, 0.25) is 0 Å². The Balaban J connectivity index is 2.31. The molecule has 1 N–H and O–H groups in total. The minimum absolute atomic E-state index is 0.370. The first-order valence-electron chi connectivity index (χ1n) is 6.60. The number of methoxy groups -OCH3 is 1. The van der Waals surface area contributed by atoms with Gasteiger partial charge in [-0.25, -0.2) is 10.1 Å². The Morgan fingerprint density at radius 2 is 2.00 bits per heavy atom. The lowest BCUT2D eigenvalue weighted by Crippen LogP contribution is -2.56. The van der Waals surface area contributed by atoms with Crippen molar-refractivity contribution in [3.8, 4) is 5.75 Å². The van der Waals surface area contributed by atoms with Gasteiger partial charge < -0.3 is 9.47 Å². The maximum Gasteiger partial charge on any atom is 0.334 e. The van der Waals surface area contributed by atoms with Crippen molar-refractivity contribution in [3.05, 3.63) is 53.1 Å². The van der Waals surface area contributed by atoms with Crippen LogP contribution >= 0.6 is 0 Å². The van der Waals surface area contributed by atoms with Gasteiger partial charge in [-0.05, 0) is 19.9 Å². The molecule has 0 fully saturated rings. The number of para-hydroxylation sites is 1. The van der Waals surface area contributed by atoms with Crippen LogP contribution in [0.25, 0.3) is 0 Å². The monoisotopic (exact) mass is 288 g/mol. The number of carbonyl (C=O) groups is 1. The van der Waals surface area contributed by atoms with E-state index in [0.29, 0.717) is 16.9 Å². The topological polar surface area (TPSA) is 65.0 Å². The Hall–Kier alpha value is -2.11. The third-order valence-corrected chi connectivity index (χ3v) is 4.43. The van der Waals surface area contributed by atoms with Gasteiger partial charge in [0.15, 0.2) is 0 Å². The molecule has 2 atom stereocenters. The standard InChI is InChI=1S/C16H16O5/c1-10-8-9-12(14(17)19-3)15(2)11-6-4-5-7-13(11)20-16(10,15)21-18/h4-9,18H,1-3H3. The smallest absolute Gasteiger partial charge is 0.334 e. The van der Waals surface area contributed by atoms with Crippen LogP contribution in [0.5, 0.6) is 5.75 Å². The summed E-state index contributed by atoms with van der Waals surface area (Å²) in [7, 11) is 1.32. The summed E-state index contributed by atoms with van der Waals surface area (Å²) in [5.41, 5.74) is 0.804. The van der Waals surface area contributed by atoms with Crippen LogP contribution in [0.1, 0.15) is 19.4 Å². The number of ether oxygens (including phenoxy) is 2. The fraction of sp³-hybridized carbons (Fsp3) is 0.312. The summed E-state index contributed by atoms with van der Waals surface area (Å²) in [6, 6.07) is 7.31. The van der Waals surface area contributed by atoms with E-state index in [1.165, 1.54) is 7.11 Å². The van der Waals surface area contributed by atoms with Crippen molar-refractivity contribution in [2.24, 2.45) is 0 Å². The number of benzene rings is 1. The van der Waals surface area contributed by atoms with Gasteiger partial charge >= 0.3 is 5.97 Å². The SMILES string of the molecule is COC(=O)C1=CC=C(C)C2(OO)Oc3ccccc3C12C. The zero-order valence-corrected chi connectivity index (χ0v) is 12.0. The van der Waals surface area contributed by atoms with Crippen molar-refractivity contribution < 1.29 is 24.4 Å². The number of hydrogen-bond donors (Lipinski definition) is 1. The zero-order chi connectivity index (χ0) is 15.3. The molecule has 0 saturated heterocycles. The molecule has 1 heterocycles. The molecule has 5 heteroatoms. The van der Waals surface area contributed by atoms with Gasteiger partial charge in [0, 0.05) is 11.1 Å². The molecule has 1 aliphatic heterocycles. The molecule has 1 aromatic carbocycles. The Labute approximate surface area is 122 Å². The molecule has 5 nitrogen and oxygen atoms in total. The maximum atomic E-state index is 12.2. The van der Waals surface area contributed by atoms with Crippen LogP contribution in [0.2, 0.25) is 0 Å². The van der Waals surface area contributed by atoms with Gasteiger partial charge in [0.1, 0.15) is 11.2 Å². The highest BCUT2D eigenvalue weighted by Gasteiger charge is 2.65. The lowest BCUT2D eigenvalue weighted by molar-refractivity contribution is -0.376. The molecule has 110 valence electrons. The Bertz CT molecular complexity index is 675. The number of fused-ring (bicyclic) bond motifs is 3. The number of rotatable bonds is 2. The molecule has 3 rings (SSSR count). The van der Waals surface area contributed by atoms with Gasteiger partial charge in [-0.2, -0.15) is 4.89 Å². The quantitative estimate of drug-likeness (QED) is 0.515. The Kier molecular flexibility index (Phi) is 2.93. The summed E-state index contributed by atoms with van der Waals surface area (Å²) < 4.78 is 10.8. The summed E-state index contributed by atoms with van der Waals surface area (Å²) >= 11 is 0. The lowest BCUT2D eigenvalue weighted by atomic mass is 9.66. The summed E-state index contributed by atoms with van der Waals surface area (Å²) in [5, 5.41) is 9.59.